The third-order valence-electron chi connectivity index (χ3n) is 3.63. The second-order valence-electron chi connectivity index (χ2n) is 5.68. The molecule has 0 aromatic carbocycles. The summed E-state index contributed by atoms with van der Waals surface area (Å²) in [5.41, 5.74) is 0.844. The average molecular weight is 490 g/mol. The summed E-state index contributed by atoms with van der Waals surface area (Å²) in [5, 5.41) is 11.6. The van der Waals surface area contributed by atoms with Crippen LogP contribution in [0.2, 0.25) is 0 Å². The number of carbonyl (C=O) groups is 1. The van der Waals surface area contributed by atoms with Crippen molar-refractivity contribution in [2.45, 2.75) is 33.2 Å². The first kappa shape index (κ1) is 22.5. The van der Waals surface area contributed by atoms with Crippen molar-refractivity contribution in [1.82, 2.24) is 16.0 Å². The fraction of sp³-hybridized carbons (Fsp3) is 0.444. The number of nitrogens with zero attached hydrogens (tertiary/aromatic N) is 1. The molecule has 0 spiro atoms. The Morgan fingerprint density at radius 3 is 2.77 bits per heavy atom. The lowest BCUT2D eigenvalue weighted by Gasteiger charge is -2.16. The zero-order valence-corrected chi connectivity index (χ0v) is 18.5. The van der Waals surface area contributed by atoms with Crippen LogP contribution in [0.4, 0.5) is 0 Å². The van der Waals surface area contributed by atoms with E-state index in [1.807, 2.05) is 19.9 Å². The SMILES string of the molecule is CCNC(=NCCCNC(=O)c1occc1C)NC(C)c1cccs1.I. The van der Waals surface area contributed by atoms with Crippen LogP contribution in [-0.4, -0.2) is 31.5 Å². The number of amides is 1. The molecule has 26 heavy (non-hydrogen) atoms. The molecule has 8 heteroatoms. The first-order chi connectivity index (χ1) is 12.1. The molecule has 2 heterocycles. The zero-order chi connectivity index (χ0) is 18.1. The molecule has 2 aromatic rings. The van der Waals surface area contributed by atoms with Crippen LogP contribution in [0, 0.1) is 6.92 Å². The van der Waals surface area contributed by atoms with Gasteiger partial charge in [0.25, 0.3) is 5.91 Å². The predicted molar refractivity (Wildman–Crippen MR) is 118 cm³/mol. The second kappa shape index (κ2) is 11.9. The van der Waals surface area contributed by atoms with Crippen LogP contribution in [-0.2, 0) is 0 Å². The molecule has 1 atom stereocenters. The number of nitrogens with one attached hydrogen (secondary N) is 3. The average Bonchev–Trinajstić information content (AvgIpc) is 3.25. The predicted octanol–water partition coefficient (Wildman–Crippen LogP) is 3.70. The molecule has 1 unspecified atom stereocenters. The first-order valence-corrected chi connectivity index (χ1v) is 9.40. The van der Waals surface area contributed by atoms with E-state index >= 15 is 0 Å². The highest BCUT2D eigenvalue weighted by atomic mass is 127. The van der Waals surface area contributed by atoms with Gasteiger partial charge in [-0.1, -0.05) is 6.07 Å². The number of hydrogen-bond acceptors (Lipinski definition) is 4. The fourth-order valence-electron chi connectivity index (χ4n) is 2.29. The van der Waals surface area contributed by atoms with Gasteiger partial charge in [0.05, 0.1) is 12.3 Å². The summed E-state index contributed by atoms with van der Waals surface area (Å²) >= 11 is 1.72. The molecule has 0 saturated heterocycles. The van der Waals surface area contributed by atoms with Crippen molar-refractivity contribution in [2.24, 2.45) is 4.99 Å². The van der Waals surface area contributed by atoms with Crippen molar-refractivity contribution in [1.29, 1.82) is 0 Å². The number of aliphatic imine (C=N–C) groups is 1. The molecule has 2 rings (SSSR count). The van der Waals surface area contributed by atoms with Gasteiger partial charge < -0.3 is 20.4 Å². The Labute approximate surface area is 175 Å². The van der Waals surface area contributed by atoms with Crippen molar-refractivity contribution in [3.05, 3.63) is 46.0 Å². The Bertz CT molecular complexity index is 685. The normalized spacial score (nSPS) is 12.2. The van der Waals surface area contributed by atoms with Crippen LogP contribution >= 0.6 is 35.3 Å². The van der Waals surface area contributed by atoms with Gasteiger partial charge in [0, 0.05) is 30.1 Å². The quantitative estimate of drug-likeness (QED) is 0.228. The summed E-state index contributed by atoms with van der Waals surface area (Å²) in [6.45, 7) is 8.00. The van der Waals surface area contributed by atoms with Crippen LogP contribution < -0.4 is 16.0 Å². The Morgan fingerprint density at radius 1 is 1.35 bits per heavy atom. The van der Waals surface area contributed by atoms with Gasteiger partial charge in [-0.2, -0.15) is 0 Å². The minimum absolute atomic E-state index is 0. The van der Waals surface area contributed by atoms with E-state index in [1.54, 1.807) is 17.4 Å². The summed E-state index contributed by atoms with van der Waals surface area (Å²) in [6.07, 6.45) is 2.28. The fourth-order valence-corrected chi connectivity index (χ4v) is 3.03. The minimum Gasteiger partial charge on any atom is -0.459 e. The molecule has 0 saturated carbocycles. The van der Waals surface area contributed by atoms with E-state index in [0.29, 0.717) is 18.8 Å². The topological polar surface area (TPSA) is 78.7 Å². The summed E-state index contributed by atoms with van der Waals surface area (Å²) in [6, 6.07) is 6.14. The maximum absolute atomic E-state index is 11.9. The molecular formula is C18H27IN4O2S. The van der Waals surface area contributed by atoms with Crippen LogP contribution in [0.25, 0.3) is 0 Å². The molecule has 0 fully saturated rings. The van der Waals surface area contributed by atoms with Crippen LogP contribution in [0.3, 0.4) is 0 Å². The van der Waals surface area contributed by atoms with Gasteiger partial charge in [-0.15, -0.1) is 35.3 Å². The van der Waals surface area contributed by atoms with Crippen molar-refractivity contribution in [3.63, 3.8) is 0 Å². The summed E-state index contributed by atoms with van der Waals surface area (Å²) < 4.78 is 5.17. The van der Waals surface area contributed by atoms with Gasteiger partial charge in [0.2, 0.25) is 0 Å². The molecule has 0 bridgehead atoms. The number of guanidine groups is 1. The van der Waals surface area contributed by atoms with Crippen molar-refractivity contribution in [2.75, 3.05) is 19.6 Å². The van der Waals surface area contributed by atoms with E-state index in [2.05, 4.69) is 39.3 Å². The number of halogens is 1. The number of carbonyl (C=O) groups excluding carboxylic acids is 1. The van der Waals surface area contributed by atoms with E-state index in [-0.39, 0.29) is 35.9 Å². The van der Waals surface area contributed by atoms with Gasteiger partial charge in [-0.25, -0.2) is 0 Å². The standard InChI is InChI=1S/C18H26N4O2S.HI/c1-4-19-18(22-14(3)15-7-5-12-25-15)21-10-6-9-20-17(23)16-13(2)8-11-24-16;/h5,7-8,11-12,14H,4,6,9-10H2,1-3H3,(H,20,23)(H2,19,21,22);1H. The van der Waals surface area contributed by atoms with Crippen molar-refractivity contribution in [3.8, 4) is 0 Å². The molecule has 3 N–H and O–H groups in total. The smallest absolute Gasteiger partial charge is 0.287 e. The van der Waals surface area contributed by atoms with E-state index in [4.69, 9.17) is 4.42 Å². The van der Waals surface area contributed by atoms with Crippen molar-refractivity contribution >= 4 is 47.2 Å². The van der Waals surface area contributed by atoms with Gasteiger partial charge in [0.15, 0.2) is 11.7 Å². The molecule has 0 radical (unpaired) electrons. The molecule has 6 nitrogen and oxygen atoms in total. The van der Waals surface area contributed by atoms with Gasteiger partial charge >= 0.3 is 0 Å². The van der Waals surface area contributed by atoms with Crippen LogP contribution in [0.5, 0.6) is 0 Å². The van der Waals surface area contributed by atoms with E-state index in [1.165, 1.54) is 11.1 Å². The lowest BCUT2D eigenvalue weighted by Crippen LogP contribution is -2.38. The largest absolute Gasteiger partial charge is 0.459 e. The third-order valence-corrected chi connectivity index (χ3v) is 4.68. The number of thiophene rings is 1. The Balaban J connectivity index is 0.00000338. The molecule has 144 valence electrons. The Hall–Kier alpha value is -1.55. The van der Waals surface area contributed by atoms with Gasteiger partial charge in [-0.3, -0.25) is 9.79 Å². The molecule has 0 aliphatic rings. The van der Waals surface area contributed by atoms with E-state index in [0.717, 1.165) is 24.5 Å². The van der Waals surface area contributed by atoms with Crippen LogP contribution in [0.1, 0.15) is 47.3 Å². The zero-order valence-electron chi connectivity index (χ0n) is 15.4. The monoisotopic (exact) mass is 490 g/mol. The first-order valence-electron chi connectivity index (χ1n) is 8.52. The number of aryl methyl sites for hydroxylation is 1. The second-order valence-corrected chi connectivity index (χ2v) is 6.66. The third kappa shape index (κ3) is 6.99. The number of furan rings is 1. The Morgan fingerprint density at radius 2 is 2.15 bits per heavy atom. The maximum Gasteiger partial charge on any atom is 0.287 e. The molecule has 2 aromatic heterocycles. The molecular weight excluding hydrogens is 463 g/mol. The van der Waals surface area contributed by atoms with Gasteiger partial charge in [-0.05, 0) is 44.7 Å². The summed E-state index contributed by atoms with van der Waals surface area (Å²) in [7, 11) is 0. The highest BCUT2D eigenvalue weighted by Gasteiger charge is 2.11. The maximum atomic E-state index is 11.9. The molecule has 1 amide bonds. The lowest BCUT2D eigenvalue weighted by atomic mass is 10.2. The number of hydrogen-bond donors (Lipinski definition) is 3. The lowest BCUT2D eigenvalue weighted by molar-refractivity contribution is 0.0925. The van der Waals surface area contributed by atoms with Crippen molar-refractivity contribution < 1.29 is 9.21 Å². The van der Waals surface area contributed by atoms with Gasteiger partial charge in [0.1, 0.15) is 0 Å². The Kier molecular flexibility index (Phi) is 10.3. The van der Waals surface area contributed by atoms with E-state index in [9.17, 15) is 4.79 Å². The molecule has 0 aliphatic carbocycles. The van der Waals surface area contributed by atoms with E-state index < -0.39 is 0 Å². The van der Waals surface area contributed by atoms with Crippen LogP contribution in [0.15, 0.2) is 39.3 Å². The number of rotatable bonds is 8. The minimum atomic E-state index is -0.178. The highest BCUT2D eigenvalue weighted by Crippen LogP contribution is 2.17. The molecule has 0 aliphatic heterocycles. The highest BCUT2D eigenvalue weighted by molar-refractivity contribution is 14.0. The summed E-state index contributed by atoms with van der Waals surface area (Å²) in [4.78, 5) is 17.8. The summed E-state index contributed by atoms with van der Waals surface area (Å²) in [5.74, 6) is 0.989.